The summed E-state index contributed by atoms with van der Waals surface area (Å²) >= 11 is 0. The molecule has 0 radical (unpaired) electrons. The van der Waals surface area contributed by atoms with Crippen molar-refractivity contribution in [1.82, 2.24) is 10.2 Å². The van der Waals surface area contributed by atoms with Gasteiger partial charge in [0.2, 0.25) is 5.91 Å². The molecule has 5 nitrogen and oxygen atoms in total. The number of carbonyl (C=O) groups is 1. The van der Waals surface area contributed by atoms with E-state index in [1.165, 1.54) is 0 Å². The van der Waals surface area contributed by atoms with Crippen molar-refractivity contribution in [3.8, 4) is 0 Å². The molecule has 24 heavy (non-hydrogen) atoms. The summed E-state index contributed by atoms with van der Waals surface area (Å²) in [6.07, 6.45) is 1.56. The second-order valence-corrected chi connectivity index (χ2v) is 5.40. The average molecular weight is 341 g/mol. The van der Waals surface area contributed by atoms with Gasteiger partial charge in [0.25, 0.3) is 0 Å². The fourth-order valence-corrected chi connectivity index (χ4v) is 2.16. The molecular formula is C16H18F3N3O2. The van der Waals surface area contributed by atoms with E-state index in [0.29, 0.717) is 6.54 Å². The molecule has 130 valence electrons. The van der Waals surface area contributed by atoms with Crippen LogP contribution in [0.1, 0.15) is 11.8 Å². The first-order valence-corrected chi connectivity index (χ1v) is 7.24. The molecule has 1 heterocycles. The Bertz CT molecular complexity index is 690. The van der Waals surface area contributed by atoms with Gasteiger partial charge in [-0.05, 0) is 38.4 Å². The smallest absolute Gasteiger partial charge is 0.238 e. The third kappa shape index (κ3) is 4.36. The number of rotatable bonds is 7. The van der Waals surface area contributed by atoms with Crippen LogP contribution >= 0.6 is 0 Å². The zero-order valence-electron chi connectivity index (χ0n) is 13.3. The first-order valence-electron chi connectivity index (χ1n) is 7.24. The monoisotopic (exact) mass is 341 g/mol. The zero-order valence-corrected chi connectivity index (χ0v) is 13.3. The Morgan fingerprint density at radius 1 is 1.21 bits per heavy atom. The summed E-state index contributed by atoms with van der Waals surface area (Å²) in [6.45, 7) is 0.289. The van der Waals surface area contributed by atoms with E-state index in [-0.39, 0.29) is 12.6 Å². The van der Waals surface area contributed by atoms with Gasteiger partial charge in [-0.15, -0.1) is 0 Å². The highest BCUT2D eigenvalue weighted by atomic mass is 19.2. The third-order valence-electron chi connectivity index (χ3n) is 3.43. The van der Waals surface area contributed by atoms with Gasteiger partial charge >= 0.3 is 0 Å². The van der Waals surface area contributed by atoms with Crippen molar-refractivity contribution in [2.75, 3.05) is 32.5 Å². The Labute approximate surface area is 137 Å². The Kier molecular flexibility index (Phi) is 5.99. The average Bonchev–Trinajstić information content (AvgIpc) is 3.06. The van der Waals surface area contributed by atoms with Crippen LogP contribution in [0.2, 0.25) is 0 Å². The lowest BCUT2D eigenvalue weighted by atomic mass is 10.2. The summed E-state index contributed by atoms with van der Waals surface area (Å²) in [5.74, 6) is -4.19. The van der Waals surface area contributed by atoms with E-state index in [1.807, 2.05) is 25.1 Å². The van der Waals surface area contributed by atoms with E-state index in [9.17, 15) is 18.0 Å². The number of halogens is 3. The molecule has 1 aromatic heterocycles. The lowest BCUT2D eigenvalue weighted by Gasteiger charge is -2.22. The van der Waals surface area contributed by atoms with Crippen molar-refractivity contribution in [3.63, 3.8) is 0 Å². The highest BCUT2D eigenvalue weighted by molar-refractivity contribution is 5.92. The van der Waals surface area contributed by atoms with Crippen LogP contribution in [0, 0.1) is 17.5 Å². The van der Waals surface area contributed by atoms with Gasteiger partial charge in [-0.25, -0.2) is 13.2 Å². The van der Waals surface area contributed by atoms with Crippen LogP contribution in [0.3, 0.4) is 0 Å². The maximum absolute atomic E-state index is 13.5. The Morgan fingerprint density at radius 3 is 2.58 bits per heavy atom. The van der Waals surface area contributed by atoms with Crippen LogP contribution in [-0.2, 0) is 4.79 Å². The van der Waals surface area contributed by atoms with Gasteiger partial charge < -0.3 is 15.1 Å². The maximum atomic E-state index is 13.5. The van der Waals surface area contributed by atoms with E-state index in [1.54, 1.807) is 12.3 Å². The van der Waals surface area contributed by atoms with Crippen LogP contribution in [-0.4, -0.2) is 38.0 Å². The fraction of sp³-hybridized carbons (Fsp3) is 0.312. The number of anilines is 1. The fourth-order valence-electron chi connectivity index (χ4n) is 2.16. The third-order valence-corrected chi connectivity index (χ3v) is 3.43. The molecule has 2 aromatic rings. The summed E-state index contributed by atoms with van der Waals surface area (Å²) < 4.78 is 44.8. The Hall–Kier alpha value is -2.32. The zero-order chi connectivity index (χ0) is 17.7. The van der Waals surface area contributed by atoms with E-state index < -0.39 is 29.0 Å². The molecule has 8 heteroatoms. The second kappa shape index (κ2) is 7.98. The highest BCUT2D eigenvalue weighted by Crippen LogP contribution is 2.20. The molecule has 0 aliphatic rings. The number of nitrogens with zero attached hydrogens (tertiary/aromatic N) is 1. The van der Waals surface area contributed by atoms with Crippen molar-refractivity contribution in [2.24, 2.45) is 0 Å². The molecule has 0 saturated carbocycles. The Balaban J connectivity index is 1.88. The largest absolute Gasteiger partial charge is 0.468 e. The topological polar surface area (TPSA) is 57.5 Å². The van der Waals surface area contributed by atoms with E-state index in [0.717, 1.165) is 17.9 Å². The predicted octanol–water partition coefficient (Wildman–Crippen LogP) is 2.53. The molecule has 0 saturated heterocycles. The van der Waals surface area contributed by atoms with Gasteiger partial charge in [0.15, 0.2) is 17.5 Å². The summed E-state index contributed by atoms with van der Waals surface area (Å²) in [5, 5.41) is 5.11. The minimum absolute atomic E-state index is 0.0900. The molecule has 1 atom stereocenters. The number of benzene rings is 1. The molecule has 0 bridgehead atoms. The highest BCUT2D eigenvalue weighted by Gasteiger charge is 2.18. The van der Waals surface area contributed by atoms with Gasteiger partial charge in [0.1, 0.15) is 5.76 Å². The summed E-state index contributed by atoms with van der Waals surface area (Å²) in [5.41, 5.74) is -0.407. The number of likely N-dealkylation sites (N-methyl/N-ethyl adjacent to an activating group) is 1. The summed E-state index contributed by atoms with van der Waals surface area (Å²) in [7, 11) is 3.73. The molecule has 0 unspecified atom stereocenters. The number of furan rings is 1. The van der Waals surface area contributed by atoms with Crippen LogP contribution in [0.25, 0.3) is 0 Å². The van der Waals surface area contributed by atoms with Gasteiger partial charge in [0, 0.05) is 6.54 Å². The SMILES string of the molecule is CN(C)[C@@H](CNCC(=O)Nc1ccc(F)c(F)c1F)c1ccco1. The summed E-state index contributed by atoms with van der Waals surface area (Å²) in [6, 6.07) is 5.22. The Morgan fingerprint density at radius 2 is 1.96 bits per heavy atom. The van der Waals surface area contributed by atoms with Crippen LogP contribution in [0.5, 0.6) is 0 Å². The number of hydrogen-bond acceptors (Lipinski definition) is 4. The minimum Gasteiger partial charge on any atom is -0.468 e. The van der Waals surface area contributed by atoms with Crippen LogP contribution in [0.4, 0.5) is 18.9 Å². The molecule has 1 amide bonds. The van der Waals surface area contributed by atoms with Crippen molar-refractivity contribution < 1.29 is 22.4 Å². The number of hydrogen-bond donors (Lipinski definition) is 2. The van der Waals surface area contributed by atoms with Crippen molar-refractivity contribution in [1.29, 1.82) is 0 Å². The van der Waals surface area contributed by atoms with Crippen LogP contribution in [0.15, 0.2) is 34.9 Å². The van der Waals surface area contributed by atoms with Crippen molar-refractivity contribution in [2.45, 2.75) is 6.04 Å². The van der Waals surface area contributed by atoms with E-state index in [2.05, 4.69) is 10.6 Å². The normalized spacial score (nSPS) is 12.4. The van der Waals surface area contributed by atoms with Crippen molar-refractivity contribution in [3.05, 3.63) is 53.7 Å². The van der Waals surface area contributed by atoms with Gasteiger partial charge in [0.05, 0.1) is 24.5 Å². The van der Waals surface area contributed by atoms with E-state index in [4.69, 9.17) is 4.42 Å². The molecule has 0 fully saturated rings. The molecule has 2 rings (SSSR count). The predicted molar refractivity (Wildman–Crippen MR) is 83.0 cm³/mol. The summed E-state index contributed by atoms with van der Waals surface area (Å²) in [4.78, 5) is 13.7. The molecule has 2 N–H and O–H groups in total. The molecule has 0 spiro atoms. The lowest BCUT2D eigenvalue weighted by Crippen LogP contribution is -2.35. The second-order valence-electron chi connectivity index (χ2n) is 5.40. The minimum atomic E-state index is -1.62. The number of carbonyl (C=O) groups excluding carboxylic acids is 1. The standard InChI is InChI=1S/C16H18F3N3O2/c1-22(2)12(13-4-3-7-24-13)8-20-9-14(23)21-11-6-5-10(17)15(18)16(11)19/h3-7,12,20H,8-9H2,1-2H3,(H,21,23)/t12-/m0/s1. The molecule has 0 aliphatic carbocycles. The van der Waals surface area contributed by atoms with Crippen molar-refractivity contribution >= 4 is 11.6 Å². The number of amides is 1. The van der Waals surface area contributed by atoms with E-state index >= 15 is 0 Å². The van der Waals surface area contributed by atoms with Gasteiger partial charge in [-0.1, -0.05) is 0 Å². The maximum Gasteiger partial charge on any atom is 0.238 e. The first kappa shape index (κ1) is 18.0. The van der Waals surface area contributed by atoms with Gasteiger partial charge in [-0.3, -0.25) is 9.69 Å². The molecule has 0 aliphatic heterocycles. The number of nitrogens with one attached hydrogen (secondary N) is 2. The van der Waals surface area contributed by atoms with Gasteiger partial charge in [-0.2, -0.15) is 0 Å². The quantitative estimate of drug-likeness (QED) is 0.760. The molecule has 1 aromatic carbocycles. The first-order chi connectivity index (χ1) is 11.4. The van der Waals surface area contributed by atoms with Crippen LogP contribution < -0.4 is 10.6 Å². The molecular weight excluding hydrogens is 323 g/mol. The lowest BCUT2D eigenvalue weighted by molar-refractivity contribution is -0.115.